The molecule has 0 bridgehead atoms. The summed E-state index contributed by atoms with van der Waals surface area (Å²) in [5, 5.41) is 4.03. The molecule has 0 unspecified atom stereocenters. The topological polar surface area (TPSA) is 64.0 Å². The van der Waals surface area contributed by atoms with Gasteiger partial charge in [-0.1, -0.05) is 27.5 Å². The smallest absolute Gasteiger partial charge is 0.255 e. The zero-order valence-corrected chi connectivity index (χ0v) is 13.8. The van der Waals surface area contributed by atoms with Crippen LogP contribution in [0.25, 0.3) is 0 Å². The maximum Gasteiger partial charge on any atom is 0.259 e. The van der Waals surface area contributed by atoms with Gasteiger partial charge in [-0.05, 0) is 31.6 Å². The van der Waals surface area contributed by atoms with Gasteiger partial charge in [0.15, 0.2) is 5.03 Å². The number of nitrogens with one attached hydrogen (secondary N) is 1. The first-order valence-electron chi connectivity index (χ1n) is 6.21. The van der Waals surface area contributed by atoms with Crippen LogP contribution < -0.4 is 4.72 Å². The van der Waals surface area contributed by atoms with Crippen LogP contribution in [-0.4, -0.2) is 29.6 Å². The van der Waals surface area contributed by atoms with Crippen molar-refractivity contribution < 1.29 is 8.42 Å². The van der Waals surface area contributed by atoms with Gasteiger partial charge in [0, 0.05) is 18.4 Å². The molecule has 8 heteroatoms. The molecule has 2 rings (SSSR count). The van der Waals surface area contributed by atoms with Crippen molar-refractivity contribution >= 4 is 37.6 Å². The fraction of sp³-hybridized carbons (Fsp3) is 0.727. The normalized spacial score (nSPS) is 24.6. The standard InChI is InChI=1S/C11H17BrClN3O2S/c1-16-11(10(13)7-14-16)19(17,18)15-6-8-2-4-9(12)5-3-8/h7-9,15H,2-6H2,1H3. The molecule has 108 valence electrons. The molecule has 0 aromatic carbocycles. The maximum atomic E-state index is 12.2. The van der Waals surface area contributed by atoms with Crippen LogP contribution in [0.2, 0.25) is 5.02 Å². The van der Waals surface area contributed by atoms with E-state index in [0.717, 1.165) is 25.7 Å². The van der Waals surface area contributed by atoms with Gasteiger partial charge >= 0.3 is 0 Å². The van der Waals surface area contributed by atoms with Crippen LogP contribution >= 0.6 is 27.5 Å². The fourth-order valence-electron chi connectivity index (χ4n) is 2.32. The van der Waals surface area contributed by atoms with Gasteiger partial charge < -0.3 is 0 Å². The maximum absolute atomic E-state index is 12.2. The lowest BCUT2D eigenvalue weighted by molar-refractivity contribution is 0.366. The van der Waals surface area contributed by atoms with Crippen LogP contribution in [0.4, 0.5) is 0 Å². The average Bonchev–Trinajstić information content (AvgIpc) is 2.69. The Morgan fingerprint density at radius 3 is 2.63 bits per heavy atom. The molecule has 0 saturated heterocycles. The van der Waals surface area contributed by atoms with E-state index in [-0.39, 0.29) is 10.0 Å². The van der Waals surface area contributed by atoms with Gasteiger partial charge in [0.25, 0.3) is 10.0 Å². The third-order valence-corrected chi connectivity index (χ3v) is 6.28. The van der Waals surface area contributed by atoms with E-state index >= 15 is 0 Å². The van der Waals surface area contributed by atoms with Gasteiger partial charge in [-0.2, -0.15) is 5.10 Å². The van der Waals surface area contributed by atoms with Gasteiger partial charge in [-0.15, -0.1) is 0 Å². The van der Waals surface area contributed by atoms with Crippen molar-refractivity contribution in [1.82, 2.24) is 14.5 Å². The number of sulfonamides is 1. The molecule has 1 aromatic rings. The molecule has 0 atom stereocenters. The van der Waals surface area contributed by atoms with E-state index in [1.807, 2.05) is 0 Å². The van der Waals surface area contributed by atoms with Crippen LogP contribution in [0, 0.1) is 5.92 Å². The lowest BCUT2D eigenvalue weighted by Crippen LogP contribution is -2.32. The predicted octanol–water partition coefficient (Wildman–Crippen LogP) is 2.31. The molecule has 1 aliphatic carbocycles. The number of aromatic nitrogens is 2. The quantitative estimate of drug-likeness (QED) is 0.827. The van der Waals surface area contributed by atoms with Gasteiger partial charge in [-0.25, -0.2) is 13.1 Å². The molecule has 1 aromatic heterocycles. The number of rotatable bonds is 4. The van der Waals surface area contributed by atoms with E-state index in [9.17, 15) is 8.42 Å². The summed E-state index contributed by atoms with van der Waals surface area (Å²) in [4.78, 5) is 0.576. The van der Waals surface area contributed by atoms with E-state index in [0.29, 0.717) is 17.3 Å². The Labute approximate surface area is 126 Å². The molecular weight excluding hydrogens is 354 g/mol. The third kappa shape index (κ3) is 3.71. The molecule has 0 amide bonds. The number of aryl methyl sites for hydroxylation is 1. The van der Waals surface area contributed by atoms with Gasteiger partial charge in [0.2, 0.25) is 0 Å². The van der Waals surface area contributed by atoms with E-state index in [4.69, 9.17) is 11.6 Å². The highest BCUT2D eigenvalue weighted by Gasteiger charge is 2.25. The van der Waals surface area contributed by atoms with E-state index in [2.05, 4.69) is 25.8 Å². The summed E-state index contributed by atoms with van der Waals surface area (Å²) in [6.45, 7) is 0.462. The first kappa shape index (κ1) is 15.3. The third-order valence-electron chi connectivity index (χ3n) is 3.44. The largest absolute Gasteiger partial charge is 0.259 e. The molecule has 19 heavy (non-hydrogen) atoms. The van der Waals surface area contributed by atoms with Gasteiger partial charge in [-0.3, -0.25) is 4.68 Å². The Hall–Kier alpha value is -0.110. The Balaban J connectivity index is 1.99. The van der Waals surface area contributed by atoms with Crippen molar-refractivity contribution in [3.63, 3.8) is 0 Å². The van der Waals surface area contributed by atoms with E-state index in [1.54, 1.807) is 7.05 Å². The molecular formula is C11H17BrClN3O2S. The SMILES string of the molecule is Cn1ncc(Cl)c1S(=O)(=O)NCC1CCC(Br)CC1. The minimum Gasteiger partial charge on any atom is -0.255 e. The molecule has 1 heterocycles. The average molecular weight is 371 g/mol. The fourth-order valence-corrected chi connectivity index (χ4v) is 4.62. The summed E-state index contributed by atoms with van der Waals surface area (Å²) < 4.78 is 28.3. The summed E-state index contributed by atoms with van der Waals surface area (Å²) in [6.07, 6.45) is 5.61. The zero-order valence-electron chi connectivity index (χ0n) is 10.6. The second kappa shape index (κ2) is 6.11. The molecule has 1 fully saturated rings. The molecule has 5 nitrogen and oxygen atoms in total. The zero-order chi connectivity index (χ0) is 14.0. The minimum absolute atomic E-state index is 0.0309. The van der Waals surface area contributed by atoms with Crippen LogP contribution in [0.5, 0.6) is 0 Å². The van der Waals surface area contributed by atoms with Gasteiger partial charge in [0.05, 0.1) is 11.2 Å². The van der Waals surface area contributed by atoms with Crippen LogP contribution in [0.1, 0.15) is 25.7 Å². The van der Waals surface area contributed by atoms with Crippen LogP contribution in [-0.2, 0) is 17.1 Å². The Morgan fingerprint density at radius 2 is 2.11 bits per heavy atom. The van der Waals surface area contributed by atoms with Crippen LogP contribution in [0.3, 0.4) is 0 Å². The number of halogens is 2. The number of hydrogen-bond acceptors (Lipinski definition) is 3. The lowest BCUT2D eigenvalue weighted by atomic mass is 9.89. The molecule has 0 radical (unpaired) electrons. The van der Waals surface area contributed by atoms with E-state index in [1.165, 1.54) is 10.9 Å². The molecule has 1 saturated carbocycles. The predicted molar refractivity (Wildman–Crippen MR) is 78.1 cm³/mol. The van der Waals surface area contributed by atoms with Crippen molar-refractivity contribution in [1.29, 1.82) is 0 Å². The first-order valence-corrected chi connectivity index (χ1v) is 8.99. The van der Waals surface area contributed by atoms with Crippen molar-refractivity contribution in [3.05, 3.63) is 11.2 Å². The summed E-state index contributed by atoms with van der Waals surface area (Å²) >= 11 is 9.45. The molecule has 1 N–H and O–H groups in total. The molecule has 0 spiro atoms. The summed E-state index contributed by atoms with van der Waals surface area (Å²) in [7, 11) is -2.02. The van der Waals surface area contributed by atoms with Crippen molar-refractivity contribution in [3.8, 4) is 0 Å². The Bertz CT molecular complexity index is 519. The summed E-state index contributed by atoms with van der Waals surface area (Å²) in [5.41, 5.74) is 0. The highest BCUT2D eigenvalue weighted by atomic mass is 79.9. The Kier molecular flexibility index (Phi) is 4.92. The van der Waals surface area contributed by atoms with Crippen molar-refractivity contribution in [2.45, 2.75) is 35.5 Å². The van der Waals surface area contributed by atoms with Crippen molar-refractivity contribution in [2.75, 3.05) is 6.54 Å². The van der Waals surface area contributed by atoms with E-state index < -0.39 is 10.0 Å². The highest BCUT2D eigenvalue weighted by Crippen LogP contribution is 2.28. The monoisotopic (exact) mass is 369 g/mol. The summed E-state index contributed by atoms with van der Waals surface area (Å²) in [6, 6.07) is 0. The van der Waals surface area contributed by atoms with Gasteiger partial charge in [0.1, 0.15) is 0 Å². The Morgan fingerprint density at radius 1 is 1.47 bits per heavy atom. The number of nitrogens with zero attached hydrogens (tertiary/aromatic N) is 2. The number of hydrogen-bond donors (Lipinski definition) is 1. The van der Waals surface area contributed by atoms with Crippen molar-refractivity contribution in [2.24, 2.45) is 13.0 Å². The second-order valence-corrected chi connectivity index (χ2v) is 8.28. The lowest BCUT2D eigenvalue weighted by Gasteiger charge is -2.25. The van der Waals surface area contributed by atoms with Crippen LogP contribution in [0.15, 0.2) is 11.2 Å². The second-order valence-electron chi connectivity index (χ2n) is 4.89. The first-order chi connectivity index (χ1) is 8.90. The molecule has 1 aliphatic rings. The highest BCUT2D eigenvalue weighted by molar-refractivity contribution is 9.09. The molecule has 0 aliphatic heterocycles. The summed E-state index contributed by atoms with van der Waals surface area (Å²) in [5.74, 6) is 0.399. The number of alkyl halides is 1. The minimum atomic E-state index is -3.58.